The number of aliphatic carboxylic acids is 1. The second kappa shape index (κ2) is 6.41. The zero-order valence-corrected chi connectivity index (χ0v) is 10.6. The molecule has 0 saturated carbocycles. The Morgan fingerprint density at radius 1 is 1.40 bits per heavy atom. The van der Waals surface area contributed by atoms with Crippen molar-refractivity contribution in [3.8, 4) is 11.5 Å². The van der Waals surface area contributed by atoms with Crippen molar-refractivity contribution in [3.63, 3.8) is 0 Å². The third-order valence-electron chi connectivity index (χ3n) is 2.45. The smallest absolute Gasteiger partial charge is 0.326 e. The van der Waals surface area contributed by atoms with Gasteiger partial charge < -0.3 is 26.0 Å². The number of methoxy groups -OCH3 is 1. The van der Waals surface area contributed by atoms with Crippen molar-refractivity contribution in [2.75, 3.05) is 7.11 Å². The highest BCUT2D eigenvalue weighted by Gasteiger charge is 2.23. The number of rotatable bonds is 6. The molecule has 0 heterocycles. The zero-order valence-electron chi connectivity index (χ0n) is 10.6. The SMILES string of the molecule is COc1ccc(C(=O)NC(CC(N)=O)C(=O)O)cc1O. The van der Waals surface area contributed by atoms with Gasteiger partial charge in [-0.3, -0.25) is 9.59 Å². The van der Waals surface area contributed by atoms with Crippen LogP contribution in [-0.2, 0) is 9.59 Å². The van der Waals surface area contributed by atoms with Crippen LogP contribution in [0.15, 0.2) is 18.2 Å². The lowest BCUT2D eigenvalue weighted by molar-refractivity contribution is -0.140. The molecule has 0 bridgehead atoms. The number of amides is 2. The van der Waals surface area contributed by atoms with E-state index in [0.717, 1.165) is 6.07 Å². The first-order valence-electron chi connectivity index (χ1n) is 5.54. The van der Waals surface area contributed by atoms with Crippen LogP contribution >= 0.6 is 0 Å². The molecule has 1 aromatic rings. The van der Waals surface area contributed by atoms with Gasteiger partial charge in [-0.25, -0.2) is 4.79 Å². The summed E-state index contributed by atoms with van der Waals surface area (Å²) < 4.78 is 4.81. The van der Waals surface area contributed by atoms with Gasteiger partial charge in [-0.15, -0.1) is 0 Å². The van der Waals surface area contributed by atoms with Crippen LogP contribution in [0.2, 0.25) is 0 Å². The molecule has 108 valence electrons. The molecule has 0 spiro atoms. The van der Waals surface area contributed by atoms with Crippen molar-refractivity contribution >= 4 is 17.8 Å². The first kappa shape index (κ1) is 15.3. The van der Waals surface area contributed by atoms with Crippen LogP contribution in [0.3, 0.4) is 0 Å². The molecule has 0 fully saturated rings. The van der Waals surface area contributed by atoms with Crippen molar-refractivity contribution in [2.45, 2.75) is 12.5 Å². The highest BCUT2D eigenvalue weighted by molar-refractivity contribution is 5.98. The largest absolute Gasteiger partial charge is 0.504 e. The number of benzene rings is 1. The maximum atomic E-state index is 11.8. The fraction of sp³-hybridized carbons (Fsp3) is 0.250. The molecular formula is C12H14N2O6. The fourth-order valence-corrected chi connectivity index (χ4v) is 1.47. The predicted molar refractivity (Wildman–Crippen MR) is 67.4 cm³/mol. The number of ether oxygens (including phenoxy) is 1. The van der Waals surface area contributed by atoms with Crippen molar-refractivity contribution in [2.24, 2.45) is 5.73 Å². The average molecular weight is 282 g/mol. The van der Waals surface area contributed by atoms with Gasteiger partial charge in [0.25, 0.3) is 5.91 Å². The Hall–Kier alpha value is -2.77. The first-order valence-corrected chi connectivity index (χ1v) is 5.54. The summed E-state index contributed by atoms with van der Waals surface area (Å²) in [6.07, 6.45) is -0.525. The van der Waals surface area contributed by atoms with E-state index in [1.54, 1.807) is 0 Å². The molecular weight excluding hydrogens is 268 g/mol. The van der Waals surface area contributed by atoms with Crippen molar-refractivity contribution in [1.29, 1.82) is 0 Å². The first-order chi connectivity index (χ1) is 9.35. The number of carbonyl (C=O) groups excluding carboxylic acids is 2. The molecule has 8 nitrogen and oxygen atoms in total. The average Bonchev–Trinajstić information content (AvgIpc) is 2.37. The summed E-state index contributed by atoms with van der Waals surface area (Å²) in [5, 5.41) is 20.5. The number of hydrogen-bond donors (Lipinski definition) is 4. The van der Waals surface area contributed by atoms with E-state index in [0.29, 0.717) is 0 Å². The zero-order chi connectivity index (χ0) is 15.3. The number of carboxylic acid groups (broad SMARTS) is 1. The van der Waals surface area contributed by atoms with E-state index in [1.807, 2.05) is 0 Å². The van der Waals surface area contributed by atoms with Gasteiger partial charge in [0, 0.05) is 5.56 Å². The number of phenols is 1. The number of carbonyl (C=O) groups is 3. The van der Waals surface area contributed by atoms with Crippen LogP contribution in [0.1, 0.15) is 16.8 Å². The lowest BCUT2D eigenvalue weighted by Crippen LogP contribution is -2.43. The second-order valence-electron chi connectivity index (χ2n) is 3.92. The minimum Gasteiger partial charge on any atom is -0.504 e. The van der Waals surface area contributed by atoms with Crippen molar-refractivity contribution < 1.29 is 29.3 Å². The molecule has 1 rings (SSSR count). The van der Waals surface area contributed by atoms with Crippen LogP contribution < -0.4 is 15.8 Å². The summed E-state index contributed by atoms with van der Waals surface area (Å²) >= 11 is 0. The third kappa shape index (κ3) is 3.87. The molecule has 1 atom stereocenters. The molecule has 0 aliphatic carbocycles. The molecule has 0 aliphatic rings. The monoisotopic (exact) mass is 282 g/mol. The Labute approximate surface area is 114 Å². The van der Waals surface area contributed by atoms with Gasteiger partial charge in [-0.1, -0.05) is 0 Å². The maximum absolute atomic E-state index is 11.8. The molecule has 0 aliphatic heterocycles. The van der Waals surface area contributed by atoms with Crippen LogP contribution in [0.5, 0.6) is 11.5 Å². The molecule has 5 N–H and O–H groups in total. The van der Waals surface area contributed by atoms with E-state index < -0.39 is 30.2 Å². The number of primary amides is 1. The maximum Gasteiger partial charge on any atom is 0.326 e. The number of nitrogens with one attached hydrogen (secondary N) is 1. The lowest BCUT2D eigenvalue weighted by Gasteiger charge is -2.13. The summed E-state index contributed by atoms with van der Waals surface area (Å²) in [5.41, 5.74) is 4.92. The van der Waals surface area contributed by atoms with Gasteiger partial charge in [0.15, 0.2) is 11.5 Å². The lowest BCUT2D eigenvalue weighted by atomic mass is 10.1. The van der Waals surface area contributed by atoms with E-state index in [-0.39, 0.29) is 17.1 Å². The Morgan fingerprint density at radius 2 is 2.05 bits per heavy atom. The Morgan fingerprint density at radius 3 is 2.50 bits per heavy atom. The van der Waals surface area contributed by atoms with Crippen LogP contribution in [0.4, 0.5) is 0 Å². The standard InChI is InChI=1S/C12H14N2O6/c1-20-9-3-2-6(4-8(9)15)11(17)14-7(12(18)19)5-10(13)16/h2-4,7,15H,5H2,1H3,(H2,13,16)(H,14,17)(H,18,19). The highest BCUT2D eigenvalue weighted by atomic mass is 16.5. The molecule has 2 amide bonds. The molecule has 1 unspecified atom stereocenters. The van der Waals surface area contributed by atoms with Gasteiger partial charge in [-0.2, -0.15) is 0 Å². The van der Waals surface area contributed by atoms with Crippen LogP contribution in [0.25, 0.3) is 0 Å². The number of phenolic OH excluding ortho intramolecular Hbond substituents is 1. The van der Waals surface area contributed by atoms with Crippen LogP contribution in [-0.4, -0.2) is 41.1 Å². The van der Waals surface area contributed by atoms with Gasteiger partial charge >= 0.3 is 5.97 Å². The molecule has 0 aromatic heterocycles. The minimum atomic E-state index is -1.43. The van der Waals surface area contributed by atoms with Gasteiger partial charge in [-0.05, 0) is 18.2 Å². The molecule has 0 saturated heterocycles. The van der Waals surface area contributed by atoms with Crippen LogP contribution in [0, 0.1) is 0 Å². The molecule has 1 aromatic carbocycles. The Bertz CT molecular complexity index is 543. The number of carboxylic acids is 1. The van der Waals surface area contributed by atoms with E-state index in [2.05, 4.69) is 5.32 Å². The normalized spacial score (nSPS) is 11.4. The molecule has 0 radical (unpaired) electrons. The second-order valence-corrected chi connectivity index (χ2v) is 3.92. The summed E-state index contributed by atoms with van der Waals surface area (Å²) in [6.45, 7) is 0. The predicted octanol–water partition coefficient (Wildman–Crippen LogP) is -0.541. The quantitative estimate of drug-likeness (QED) is 0.552. The Balaban J connectivity index is 2.86. The van der Waals surface area contributed by atoms with Crippen molar-refractivity contribution in [3.05, 3.63) is 23.8 Å². The highest BCUT2D eigenvalue weighted by Crippen LogP contribution is 2.26. The van der Waals surface area contributed by atoms with E-state index >= 15 is 0 Å². The number of nitrogens with two attached hydrogens (primary N) is 1. The number of aromatic hydroxyl groups is 1. The van der Waals surface area contributed by atoms with Gasteiger partial charge in [0.1, 0.15) is 6.04 Å². The summed E-state index contributed by atoms with van der Waals surface area (Å²) in [5.74, 6) is -3.07. The fourth-order valence-electron chi connectivity index (χ4n) is 1.47. The topological polar surface area (TPSA) is 139 Å². The summed E-state index contributed by atoms with van der Waals surface area (Å²) in [7, 11) is 1.35. The summed E-state index contributed by atoms with van der Waals surface area (Å²) in [4.78, 5) is 33.4. The number of hydrogen-bond acceptors (Lipinski definition) is 5. The molecule has 20 heavy (non-hydrogen) atoms. The third-order valence-corrected chi connectivity index (χ3v) is 2.45. The Kier molecular flexibility index (Phi) is 4.90. The van der Waals surface area contributed by atoms with Gasteiger partial charge in [0.2, 0.25) is 5.91 Å². The van der Waals surface area contributed by atoms with E-state index in [1.165, 1.54) is 19.2 Å². The minimum absolute atomic E-state index is 0.0269. The van der Waals surface area contributed by atoms with E-state index in [4.69, 9.17) is 15.6 Å². The van der Waals surface area contributed by atoms with E-state index in [9.17, 15) is 19.5 Å². The van der Waals surface area contributed by atoms with Gasteiger partial charge in [0.05, 0.1) is 13.5 Å². The summed E-state index contributed by atoms with van der Waals surface area (Å²) in [6, 6.07) is 2.40. The molecule has 8 heteroatoms. The van der Waals surface area contributed by atoms with Crippen molar-refractivity contribution in [1.82, 2.24) is 5.32 Å².